The van der Waals surface area contributed by atoms with Gasteiger partial charge >= 0.3 is 0 Å². The summed E-state index contributed by atoms with van der Waals surface area (Å²) in [5, 5.41) is 3.34. The summed E-state index contributed by atoms with van der Waals surface area (Å²) >= 11 is 3.58. The molecule has 3 nitrogen and oxygen atoms in total. The summed E-state index contributed by atoms with van der Waals surface area (Å²) in [6.45, 7) is 8.48. The molecule has 0 spiro atoms. The van der Waals surface area contributed by atoms with Crippen LogP contribution in [0.5, 0.6) is 5.75 Å². The number of ether oxygens (including phenoxy) is 1. The van der Waals surface area contributed by atoms with Crippen molar-refractivity contribution >= 4 is 15.9 Å². The van der Waals surface area contributed by atoms with Crippen LogP contribution in [0.1, 0.15) is 31.7 Å². The van der Waals surface area contributed by atoms with Crippen LogP contribution in [0.25, 0.3) is 0 Å². The highest BCUT2D eigenvalue weighted by Gasteiger charge is 2.10. The number of hydrogen-bond donors (Lipinski definition) is 1. The Balaban J connectivity index is 1.74. The highest BCUT2D eigenvalue weighted by molar-refractivity contribution is 9.10. The van der Waals surface area contributed by atoms with Crippen molar-refractivity contribution in [3.63, 3.8) is 0 Å². The van der Waals surface area contributed by atoms with Crippen LogP contribution in [0.4, 0.5) is 0 Å². The van der Waals surface area contributed by atoms with Crippen LogP contribution < -0.4 is 10.1 Å². The normalized spacial score (nSPS) is 15.7. The third kappa shape index (κ3) is 5.08. The second-order valence-electron chi connectivity index (χ2n) is 5.28. The second-order valence-corrected chi connectivity index (χ2v) is 6.14. The van der Waals surface area contributed by atoms with E-state index in [-0.39, 0.29) is 0 Å². The first kappa shape index (κ1) is 15.8. The smallest absolute Gasteiger partial charge is 0.119 e. The molecule has 0 aliphatic carbocycles. The van der Waals surface area contributed by atoms with Gasteiger partial charge in [-0.15, -0.1) is 0 Å². The Morgan fingerprint density at radius 2 is 2.10 bits per heavy atom. The average Bonchev–Trinajstić information content (AvgIpc) is 2.97. The molecular weight excluding hydrogens is 316 g/mol. The van der Waals surface area contributed by atoms with Crippen molar-refractivity contribution in [1.29, 1.82) is 0 Å². The number of rotatable bonds is 8. The van der Waals surface area contributed by atoms with E-state index < -0.39 is 0 Å². The lowest BCUT2D eigenvalue weighted by atomic mass is 10.2. The Morgan fingerprint density at radius 3 is 2.85 bits per heavy atom. The molecule has 0 amide bonds. The lowest BCUT2D eigenvalue weighted by Gasteiger charge is -2.15. The molecule has 1 aliphatic rings. The van der Waals surface area contributed by atoms with Gasteiger partial charge < -0.3 is 15.0 Å². The predicted octanol–water partition coefficient (Wildman–Crippen LogP) is 3.42. The minimum Gasteiger partial charge on any atom is -0.494 e. The standard InChI is InChI=1S/C16H25BrN2O/c1-2-18-13-14-12-15(6-7-16(14)17)20-11-5-10-19-8-3-4-9-19/h6-7,12,18H,2-5,8-11,13H2,1H3. The molecule has 0 radical (unpaired) electrons. The predicted molar refractivity (Wildman–Crippen MR) is 87.3 cm³/mol. The van der Waals surface area contributed by atoms with E-state index in [0.29, 0.717) is 0 Å². The molecule has 0 unspecified atom stereocenters. The fourth-order valence-electron chi connectivity index (χ4n) is 2.52. The second kappa shape index (κ2) is 8.65. The molecule has 112 valence electrons. The third-order valence-electron chi connectivity index (χ3n) is 3.67. The fourth-order valence-corrected chi connectivity index (χ4v) is 2.91. The molecular formula is C16H25BrN2O. The van der Waals surface area contributed by atoms with Crippen LogP contribution >= 0.6 is 15.9 Å². The van der Waals surface area contributed by atoms with Crippen LogP contribution in [-0.4, -0.2) is 37.7 Å². The molecule has 0 bridgehead atoms. The molecule has 1 aromatic rings. The van der Waals surface area contributed by atoms with Gasteiger partial charge in [0.05, 0.1) is 6.61 Å². The number of likely N-dealkylation sites (tertiary alicyclic amines) is 1. The minimum atomic E-state index is 0.804. The maximum Gasteiger partial charge on any atom is 0.119 e. The van der Waals surface area contributed by atoms with Gasteiger partial charge in [0.2, 0.25) is 0 Å². The monoisotopic (exact) mass is 340 g/mol. The molecule has 1 fully saturated rings. The van der Waals surface area contributed by atoms with E-state index in [9.17, 15) is 0 Å². The molecule has 1 aliphatic heterocycles. The van der Waals surface area contributed by atoms with Crippen LogP contribution in [-0.2, 0) is 6.54 Å². The SMILES string of the molecule is CCNCc1cc(OCCCN2CCCC2)ccc1Br. The van der Waals surface area contributed by atoms with E-state index in [1.54, 1.807) is 0 Å². The molecule has 1 saturated heterocycles. The van der Waals surface area contributed by atoms with Crippen molar-refractivity contribution in [1.82, 2.24) is 10.2 Å². The Kier molecular flexibility index (Phi) is 6.83. The van der Waals surface area contributed by atoms with E-state index in [1.807, 2.05) is 6.07 Å². The van der Waals surface area contributed by atoms with E-state index >= 15 is 0 Å². The summed E-state index contributed by atoms with van der Waals surface area (Å²) in [5.41, 5.74) is 1.25. The topological polar surface area (TPSA) is 24.5 Å². The van der Waals surface area contributed by atoms with Gasteiger partial charge in [0.1, 0.15) is 5.75 Å². The highest BCUT2D eigenvalue weighted by Crippen LogP contribution is 2.22. The van der Waals surface area contributed by atoms with Gasteiger partial charge in [-0.05, 0) is 62.7 Å². The first-order valence-corrected chi connectivity index (χ1v) is 8.43. The zero-order valence-corrected chi connectivity index (χ0v) is 13.9. The quantitative estimate of drug-likeness (QED) is 0.734. The van der Waals surface area contributed by atoms with Gasteiger partial charge in [-0.1, -0.05) is 22.9 Å². The lowest BCUT2D eigenvalue weighted by Crippen LogP contribution is -2.21. The van der Waals surface area contributed by atoms with Gasteiger partial charge in [0.25, 0.3) is 0 Å². The van der Waals surface area contributed by atoms with E-state index in [4.69, 9.17) is 4.74 Å². The molecule has 20 heavy (non-hydrogen) atoms. The molecule has 1 N–H and O–H groups in total. The fraction of sp³-hybridized carbons (Fsp3) is 0.625. The maximum absolute atomic E-state index is 5.87. The maximum atomic E-state index is 5.87. The number of benzene rings is 1. The van der Waals surface area contributed by atoms with Crippen LogP contribution in [0.2, 0.25) is 0 Å². The summed E-state index contributed by atoms with van der Waals surface area (Å²) in [6, 6.07) is 6.24. The largest absolute Gasteiger partial charge is 0.494 e. The molecule has 4 heteroatoms. The van der Waals surface area contributed by atoms with Gasteiger partial charge in [-0.25, -0.2) is 0 Å². The van der Waals surface area contributed by atoms with E-state index in [1.165, 1.54) is 38.0 Å². The Morgan fingerprint density at radius 1 is 1.30 bits per heavy atom. The summed E-state index contributed by atoms with van der Waals surface area (Å²) in [4.78, 5) is 2.53. The number of nitrogens with one attached hydrogen (secondary N) is 1. The van der Waals surface area contributed by atoms with Crippen LogP contribution in [0.3, 0.4) is 0 Å². The van der Waals surface area contributed by atoms with Crippen molar-refractivity contribution in [2.24, 2.45) is 0 Å². The molecule has 2 rings (SSSR count). The summed E-state index contributed by atoms with van der Waals surface area (Å²) in [5.74, 6) is 0.975. The van der Waals surface area contributed by atoms with Gasteiger partial charge in [-0.2, -0.15) is 0 Å². The number of halogens is 1. The van der Waals surface area contributed by atoms with Crippen molar-refractivity contribution in [2.45, 2.75) is 32.7 Å². The van der Waals surface area contributed by atoms with Crippen molar-refractivity contribution in [2.75, 3.05) is 32.8 Å². The number of nitrogens with zero attached hydrogens (tertiary/aromatic N) is 1. The molecule has 1 aromatic carbocycles. The van der Waals surface area contributed by atoms with Crippen LogP contribution in [0.15, 0.2) is 22.7 Å². The van der Waals surface area contributed by atoms with Crippen molar-refractivity contribution in [3.8, 4) is 5.75 Å². The molecule has 0 saturated carbocycles. The summed E-state index contributed by atoms with van der Waals surface area (Å²) in [6.07, 6.45) is 3.83. The van der Waals surface area contributed by atoms with E-state index in [2.05, 4.69) is 45.2 Å². The van der Waals surface area contributed by atoms with Crippen molar-refractivity contribution < 1.29 is 4.74 Å². The minimum absolute atomic E-state index is 0.804. The zero-order chi connectivity index (χ0) is 14.2. The molecule has 0 aromatic heterocycles. The third-order valence-corrected chi connectivity index (χ3v) is 4.44. The molecule has 0 atom stereocenters. The first-order valence-electron chi connectivity index (χ1n) is 7.64. The Bertz CT molecular complexity index is 405. The van der Waals surface area contributed by atoms with Gasteiger partial charge in [0.15, 0.2) is 0 Å². The lowest BCUT2D eigenvalue weighted by molar-refractivity contribution is 0.263. The average molecular weight is 341 g/mol. The number of hydrogen-bond acceptors (Lipinski definition) is 3. The Labute approximate surface area is 130 Å². The van der Waals surface area contributed by atoms with Gasteiger partial charge in [-0.3, -0.25) is 0 Å². The molecule has 1 heterocycles. The van der Waals surface area contributed by atoms with E-state index in [0.717, 1.165) is 36.3 Å². The first-order chi connectivity index (χ1) is 9.79. The summed E-state index contributed by atoms with van der Waals surface area (Å²) < 4.78 is 7.01. The highest BCUT2D eigenvalue weighted by atomic mass is 79.9. The van der Waals surface area contributed by atoms with Crippen LogP contribution in [0, 0.1) is 0 Å². The van der Waals surface area contributed by atoms with Crippen molar-refractivity contribution in [3.05, 3.63) is 28.2 Å². The zero-order valence-electron chi connectivity index (χ0n) is 12.3. The Hall–Kier alpha value is -0.580. The van der Waals surface area contributed by atoms with Gasteiger partial charge in [0, 0.05) is 17.6 Å². The summed E-state index contributed by atoms with van der Waals surface area (Å²) in [7, 11) is 0.